The molecule has 0 aliphatic heterocycles. The minimum atomic E-state index is 0.301. The summed E-state index contributed by atoms with van der Waals surface area (Å²) in [6, 6.07) is 17.9. The van der Waals surface area contributed by atoms with Crippen LogP contribution >= 0.6 is 0 Å². The Bertz CT molecular complexity index is 659. The van der Waals surface area contributed by atoms with Gasteiger partial charge >= 0.3 is 0 Å². The molecule has 1 unspecified atom stereocenters. The van der Waals surface area contributed by atoms with E-state index in [9.17, 15) is 0 Å². The number of guanidine groups is 1. The van der Waals surface area contributed by atoms with Crippen molar-refractivity contribution in [2.24, 2.45) is 4.99 Å². The number of rotatable bonds is 8. The van der Waals surface area contributed by atoms with Crippen LogP contribution in [0.5, 0.6) is 11.5 Å². The van der Waals surface area contributed by atoms with Crippen LogP contribution in [0.15, 0.2) is 59.6 Å². The highest BCUT2D eigenvalue weighted by Crippen LogP contribution is 2.25. The normalized spacial score (nSPS) is 12.4. The van der Waals surface area contributed by atoms with Gasteiger partial charge in [-0.05, 0) is 23.8 Å². The van der Waals surface area contributed by atoms with E-state index in [-0.39, 0.29) is 0 Å². The predicted octanol–water partition coefficient (Wildman–Crippen LogP) is 3.04. The number of methoxy groups -OCH3 is 1. The molecule has 134 valence electrons. The fourth-order valence-electron chi connectivity index (χ4n) is 2.51. The van der Waals surface area contributed by atoms with E-state index in [1.807, 2.05) is 48.5 Å². The summed E-state index contributed by atoms with van der Waals surface area (Å²) in [6.07, 6.45) is 0. The SMILES string of the molecule is CN=C(NCCOc1ccccc1)NCC(C)c1ccccc1OC. The first-order chi connectivity index (χ1) is 12.2. The van der Waals surface area contributed by atoms with Crippen molar-refractivity contribution in [3.63, 3.8) is 0 Å². The summed E-state index contributed by atoms with van der Waals surface area (Å²) in [5, 5.41) is 6.60. The van der Waals surface area contributed by atoms with Gasteiger partial charge in [0.1, 0.15) is 18.1 Å². The van der Waals surface area contributed by atoms with E-state index in [1.54, 1.807) is 14.2 Å². The summed E-state index contributed by atoms with van der Waals surface area (Å²) in [5.41, 5.74) is 1.18. The van der Waals surface area contributed by atoms with Crippen molar-refractivity contribution >= 4 is 5.96 Å². The quantitative estimate of drug-likeness (QED) is 0.440. The van der Waals surface area contributed by atoms with Crippen LogP contribution in [-0.4, -0.2) is 39.8 Å². The molecular weight excluding hydrogens is 314 g/mol. The van der Waals surface area contributed by atoms with Crippen molar-refractivity contribution < 1.29 is 9.47 Å². The van der Waals surface area contributed by atoms with Gasteiger partial charge in [-0.3, -0.25) is 4.99 Å². The standard InChI is InChI=1S/C20H27N3O2/c1-16(18-11-7-8-12-19(18)24-3)15-23-20(21-2)22-13-14-25-17-9-5-4-6-10-17/h4-12,16H,13-15H2,1-3H3,(H2,21,22,23). The number of hydrogen-bond donors (Lipinski definition) is 2. The van der Waals surface area contributed by atoms with E-state index in [2.05, 4.69) is 28.6 Å². The van der Waals surface area contributed by atoms with Gasteiger partial charge in [-0.15, -0.1) is 0 Å². The van der Waals surface area contributed by atoms with Crippen LogP contribution < -0.4 is 20.1 Å². The van der Waals surface area contributed by atoms with E-state index in [4.69, 9.17) is 9.47 Å². The molecule has 2 aromatic rings. The first-order valence-electron chi connectivity index (χ1n) is 8.50. The van der Waals surface area contributed by atoms with E-state index in [1.165, 1.54) is 5.56 Å². The first-order valence-corrected chi connectivity index (χ1v) is 8.50. The molecule has 0 spiro atoms. The summed E-state index contributed by atoms with van der Waals surface area (Å²) >= 11 is 0. The van der Waals surface area contributed by atoms with E-state index in [0.717, 1.165) is 24.0 Å². The molecule has 0 amide bonds. The Morgan fingerprint density at radius 3 is 2.48 bits per heavy atom. The van der Waals surface area contributed by atoms with Crippen LogP contribution in [0.1, 0.15) is 18.4 Å². The second-order valence-corrected chi connectivity index (χ2v) is 5.68. The van der Waals surface area contributed by atoms with Gasteiger partial charge in [0.2, 0.25) is 0 Å². The molecule has 0 saturated carbocycles. The maximum absolute atomic E-state index is 5.66. The monoisotopic (exact) mass is 341 g/mol. The van der Waals surface area contributed by atoms with Crippen molar-refractivity contribution in [2.45, 2.75) is 12.8 Å². The highest BCUT2D eigenvalue weighted by molar-refractivity contribution is 5.79. The highest BCUT2D eigenvalue weighted by Gasteiger charge is 2.11. The molecule has 2 aromatic carbocycles. The third-order valence-corrected chi connectivity index (χ3v) is 3.88. The minimum Gasteiger partial charge on any atom is -0.496 e. The molecule has 0 aromatic heterocycles. The predicted molar refractivity (Wildman–Crippen MR) is 103 cm³/mol. The van der Waals surface area contributed by atoms with Gasteiger partial charge in [0.15, 0.2) is 5.96 Å². The number of benzene rings is 2. The van der Waals surface area contributed by atoms with Crippen LogP contribution in [0, 0.1) is 0 Å². The molecule has 25 heavy (non-hydrogen) atoms. The molecule has 0 saturated heterocycles. The maximum Gasteiger partial charge on any atom is 0.191 e. The van der Waals surface area contributed by atoms with Crippen LogP contribution in [0.4, 0.5) is 0 Å². The molecule has 0 fully saturated rings. The van der Waals surface area contributed by atoms with Crippen molar-refractivity contribution in [2.75, 3.05) is 33.9 Å². The Morgan fingerprint density at radius 1 is 1.04 bits per heavy atom. The zero-order chi connectivity index (χ0) is 17.9. The molecule has 2 N–H and O–H groups in total. The fraction of sp³-hybridized carbons (Fsp3) is 0.350. The van der Waals surface area contributed by atoms with Gasteiger partial charge in [-0.1, -0.05) is 43.3 Å². The van der Waals surface area contributed by atoms with Gasteiger partial charge in [0.25, 0.3) is 0 Å². The smallest absolute Gasteiger partial charge is 0.191 e. The van der Waals surface area contributed by atoms with Gasteiger partial charge in [-0.2, -0.15) is 0 Å². The molecular formula is C20H27N3O2. The largest absolute Gasteiger partial charge is 0.496 e. The molecule has 5 heteroatoms. The third-order valence-electron chi connectivity index (χ3n) is 3.88. The van der Waals surface area contributed by atoms with Crippen molar-refractivity contribution in [1.29, 1.82) is 0 Å². The van der Waals surface area contributed by atoms with Gasteiger partial charge in [-0.25, -0.2) is 0 Å². The van der Waals surface area contributed by atoms with Crippen LogP contribution in [0.25, 0.3) is 0 Å². The van der Waals surface area contributed by atoms with Gasteiger partial charge < -0.3 is 20.1 Å². The molecule has 0 aliphatic rings. The first kappa shape index (κ1) is 18.6. The molecule has 2 rings (SSSR count). The van der Waals surface area contributed by atoms with Crippen LogP contribution in [0.2, 0.25) is 0 Å². The lowest BCUT2D eigenvalue weighted by atomic mass is 10.0. The van der Waals surface area contributed by atoms with Crippen LogP contribution in [0.3, 0.4) is 0 Å². The minimum absolute atomic E-state index is 0.301. The Kier molecular flexibility index (Phi) is 7.63. The summed E-state index contributed by atoms with van der Waals surface area (Å²) in [4.78, 5) is 4.25. The van der Waals surface area contributed by atoms with Gasteiger partial charge in [0.05, 0.1) is 13.7 Å². The van der Waals surface area contributed by atoms with E-state index < -0.39 is 0 Å². The highest BCUT2D eigenvalue weighted by atomic mass is 16.5. The molecule has 0 radical (unpaired) electrons. The summed E-state index contributed by atoms with van der Waals surface area (Å²) in [7, 11) is 3.47. The van der Waals surface area contributed by atoms with E-state index >= 15 is 0 Å². The second kappa shape index (κ2) is 10.2. The van der Waals surface area contributed by atoms with Crippen molar-refractivity contribution in [3.05, 3.63) is 60.2 Å². The fourth-order valence-corrected chi connectivity index (χ4v) is 2.51. The Morgan fingerprint density at radius 2 is 1.76 bits per heavy atom. The topological polar surface area (TPSA) is 54.9 Å². The summed E-state index contributed by atoms with van der Waals surface area (Å²) in [5.74, 6) is 2.85. The lowest BCUT2D eigenvalue weighted by Crippen LogP contribution is -2.40. The zero-order valence-electron chi connectivity index (χ0n) is 15.2. The average molecular weight is 341 g/mol. The van der Waals surface area contributed by atoms with Crippen molar-refractivity contribution in [3.8, 4) is 11.5 Å². The average Bonchev–Trinajstić information content (AvgIpc) is 2.68. The molecule has 5 nitrogen and oxygen atoms in total. The third kappa shape index (κ3) is 6.03. The number of aliphatic imine (C=N–C) groups is 1. The summed E-state index contributed by atoms with van der Waals surface area (Å²) in [6.45, 7) is 4.18. The number of nitrogens with one attached hydrogen (secondary N) is 2. The van der Waals surface area contributed by atoms with Crippen molar-refractivity contribution in [1.82, 2.24) is 10.6 Å². The molecule has 0 heterocycles. The second-order valence-electron chi connectivity index (χ2n) is 5.68. The number of ether oxygens (including phenoxy) is 2. The van der Waals surface area contributed by atoms with E-state index in [0.29, 0.717) is 19.1 Å². The molecule has 0 bridgehead atoms. The maximum atomic E-state index is 5.66. The Balaban J connectivity index is 1.74. The zero-order valence-corrected chi connectivity index (χ0v) is 15.2. The number of hydrogen-bond acceptors (Lipinski definition) is 3. The Labute approximate surface area is 150 Å². The Hall–Kier alpha value is -2.69. The lowest BCUT2D eigenvalue weighted by Gasteiger charge is -2.18. The number of nitrogens with zero attached hydrogens (tertiary/aromatic N) is 1. The van der Waals surface area contributed by atoms with Gasteiger partial charge in [0, 0.05) is 19.5 Å². The lowest BCUT2D eigenvalue weighted by molar-refractivity contribution is 0.322. The molecule has 0 aliphatic carbocycles. The number of para-hydroxylation sites is 2. The van der Waals surface area contributed by atoms with Crippen LogP contribution in [-0.2, 0) is 0 Å². The summed E-state index contributed by atoms with van der Waals surface area (Å²) < 4.78 is 11.1. The molecule has 1 atom stereocenters.